The first-order valence-electron chi connectivity index (χ1n) is 6.11. The Morgan fingerprint density at radius 3 is 2.69 bits per heavy atom. The topological polar surface area (TPSA) is 29.1 Å². The summed E-state index contributed by atoms with van der Waals surface area (Å²) in [5.41, 5.74) is 0.836. The van der Waals surface area contributed by atoms with E-state index in [1.54, 1.807) is 0 Å². The summed E-state index contributed by atoms with van der Waals surface area (Å²) in [7, 11) is 0. The molecule has 16 heavy (non-hydrogen) atoms. The van der Waals surface area contributed by atoms with Gasteiger partial charge in [0.2, 0.25) is 0 Å². The van der Waals surface area contributed by atoms with Crippen LogP contribution in [0.15, 0.2) is 30.3 Å². The van der Waals surface area contributed by atoms with Crippen LogP contribution in [-0.2, 0) is 0 Å². The standard InChI is InChI=1S/C14H19NO/c1-11(13-9-5-6-10-15-13)14(16)12-7-3-2-4-8-12/h2-4,7-8,11,13,15H,5-6,9-10H2,1H3. The van der Waals surface area contributed by atoms with Crippen molar-refractivity contribution in [2.24, 2.45) is 5.92 Å². The summed E-state index contributed by atoms with van der Waals surface area (Å²) >= 11 is 0. The second-order valence-electron chi connectivity index (χ2n) is 4.58. The van der Waals surface area contributed by atoms with Crippen LogP contribution in [0.25, 0.3) is 0 Å². The van der Waals surface area contributed by atoms with Gasteiger partial charge >= 0.3 is 0 Å². The van der Waals surface area contributed by atoms with E-state index in [-0.39, 0.29) is 11.7 Å². The van der Waals surface area contributed by atoms with Crippen molar-refractivity contribution in [2.45, 2.75) is 32.2 Å². The summed E-state index contributed by atoms with van der Waals surface area (Å²) in [6.45, 7) is 3.09. The van der Waals surface area contributed by atoms with Crippen LogP contribution in [0.3, 0.4) is 0 Å². The Morgan fingerprint density at radius 2 is 2.06 bits per heavy atom. The van der Waals surface area contributed by atoms with Crippen molar-refractivity contribution in [1.82, 2.24) is 5.32 Å². The molecule has 0 aliphatic carbocycles. The number of ketones is 1. The van der Waals surface area contributed by atoms with Gasteiger partial charge in [-0.1, -0.05) is 43.7 Å². The molecule has 1 aliphatic rings. The Morgan fingerprint density at radius 1 is 1.31 bits per heavy atom. The average Bonchev–Trinajstić information content (AvgIpc) is 2.39. The normalized spacial score (nSPS) is 22.7. The largest absolute Gasteiger partial charge is 0.313 e. The fourth-order valence-electron chi connectivity index (χ4n) is 2.35. The summed E-state index contributed by atoms with van der Waals surface area (Å²) in [6.07, 6.45) is 3.60. The molecule has 2 rings (SSSR count). The van der Waals surface area contributed by atoms with Crippen LogP contribution in [-0.4, -0.2) is 18.4 Å². The number of hydrogen-bond acceptors (Lipinski definition) is 2. The minimum atomic E-state index is 0.0858. The first kappa shape index (κ1) is 11.3. The molecule has 0 spiro atoms. The highest BCUT2D eigenvalue weighted by molar-refractivity contribution is 5.98. The molecule has 0 saturated carbocycles. The Labute approximate surface area is 97.1 Å². The molecule has 1 N–H and O–H groups in total. The second-order valence-corrected chi connectivity index (χ2v) is 4.58. The summed E-state index contributed by atoms with van der Waals surface area (Å²) in [4.78, 5) is 12.2. The molecule has 86 valence electrons. The predicted octanol–water partition coefficient (Wildman–Crippen LogP) is 2.65. The van der Waals surface area contributed by atoms with Crippen LogP contribution in [0.2, 0.25) is 0 Å². The van der Waals surface area contributed by atoms with E-state index in [9.17, 15) is 4.79 Å². The van der Waals surface area contributed by atoms with Crippen molar-refractivity contribution in [3.05, 3.63) is 35.9 Å². The van der Waals surface area contributed by atoms with E-state index in [1.165, 1.54) is 12.8 Å². The fraction of sp³-hybridized carbons (Fsp3) is 0.500. The van der Waals surface area contributed by atoms with Crippen LogP contribution < -0.4 is 5.32 Å². The number of nitrogens with one attached hydrogen (secondary N) is 1. The van der Waals surface area contributed by atoms with Crippen molar-refractivity contribution in [2.75, 3.05) is 6.54 Å². The number of carbonyl (C=O) groups is 1. The van der Waals surface area contributed by atoms with Gasteiger partial charge in [0.1, 0.15) is 0 Å². The summed E-state index contributed by atoms with van der Waals surface area (Å²) in [6, 6.07) is 9.97. The number of benzene rings is 1. The monoisotopic (exact) mass is 217 g/mol. The van der Waals surface area contributed by atoms with E-state index < -0.39 is 0 Å². The van der Waals surface area contributed by atoms with E-state index >= 15 is 0 Å². The molecule has 1 aromatic rings. The molecule has 1 fully saturated rings. The third-order valence-electron chi connectivity index (χ3n) is 3.42. The van der Waals surface area contributed by atoms with E-state index in [1.807, 2.05) is 37.3 Å². The number of carbonyl (C=O) groups excluding carboxylic acids is 1. The van der Waals surface area contributed by atoms with Gasteiger partial charge < -0.3 is 5.32 Å². The van der Waals surface area contributed by atoms with Gasteiger partial charge in [0.25, 0.3) is 0 Å². The summed E-state index contributed by atoms with van der Waals surface area (Å²) < 4.78 is 0. The van der Waals surface area contributed by atoms with Crippen molar-refractivity contribution < 1.29 is 4.79 Å². The molecular weight excluding hydrogens is 198 g/mol. The molecule has 0 radical (unpaired) electrons. The summed E-state index contributed by atoms with van der Waals surface area (Å²) in [5, 5.41) is 3.45. The minimum Gasteiger partial charge on any atom is -0.313 e. The van der Waals surface area contributed by atoms with Gasteiger partial charge in [0.05, 0.1) is 0 Å². The molecule has 1 aromatic carbocycles. The zero-order chi connectivity index (χ0) is 11.4. The number of Topliss-reactive ketones (excluding diaryl/α,β-unsaturated/α-hetero) is 1. The van der Waals surface area contributed by atoms with Gasteiger partial charge in [-0.15, -0.1) is 0 Å². The molecule has 1 aliphatic heterocycles. The Kier molecular flexibility index (Phi) is 3.73. The first-order valence-corrected chi connectivity index (χ1v) is 6.11. The average molecular weight is 217 g/mol. The van der Waals surface area contributed by atoms with Crippen molar-refractivity contribution in [3.63, 3.8) is 0 Å². The lowest BCUT2D eigenvalue weighted by molar-refractivity contribution is 0.0892. The molecule has 0 aromatic heterocycles. The van der Waals surface area contributed by atoms with Crippen molar-refractivity contribution >= 4 is 5.78 Å². The molecule has 0 bridgehead atoms. The lowest BCUT2D eigenvalue weighted by atomic mass is 9.88. The molecule has 0 amide bonds. The fourth-order valence-corrected chi connectivity index (χ4v) is 2.35. The molecular formula is C14H19NO. The third-order valence-corrected chi connectivity index (χ3v) is 3.42. The van der Waals surface area contributed by atoms with Gasteiger partial charge in [0.15, 0.2) is 5.78 Å². The molecule has 2 nitrogen and oxygen atoms in total. The Balaban J connectivity index is 2.04. The highest BCUT2D eigenvalue weighted by Crippen LogP contribution is 2.19. The molecule has 1 saturated heterocycles. The number of hydrogen-bond donors (Lipinski definition) is 1. The van der Waals surface area contributed by atoms with E-state index in [4.69, 9.17) is 0 Å². The third kappa shape index (κ3) is 2.50. The van der Waals surface area contributed by atoms with Crippen LogP contribution in [0, 0.1) is 5.92 Å². The van der Waals surface area contributed by atoms with Crippen molar-refractivity contribution in [1.29, 1.82) is 0 Å². The van der Waals surface area contributed by atoms with Gasteiger partial charge in [-0.25, -0.2) is 0 Å². The van der Waals surface area contributed by atoms with Crippen LogP contribution >= 0.6 is 0 Å². The van der Waals surface area contributed by atoms with Gasteiger partial charge in [-0.2, -0.15) is 0 Å². The first-order chi connectivity index (χ1) is 7.79. The Bertz CT molecular complexity index is 341. The zero-order valence-electron chi connectivity index (χ0n) is 9.78. The molecule has 2 unspecified atom stereocenters. The van der Waals surface area contributed by atoms with Crippen molar-refractivity contribution in [3.8, 4) is 0 Å². The van der Waals surface area contributed by atoms with Crippen LogP contribution in [0.1, 0.15) is 36.5 Å². The van der Waals surface area contributed by atoms with E-state index in [2.05, 4.69) is 5.32 Å². The maximum absolute atomic E-state index is 12.2. The maximum Gasteiger partial charge on any atom is 0.167 e. The van der Waals surface area contributed by atoms with Gasteiger partial charge in [-0.3, -0.25) is 4.79 Å². The quantitative estimate of drug-likeness (QED) is 0.789. The highest BCUT2D eigenvalue weighted by atomic mass is 16.1. The van der Waals surface area contributed by atoms with Gasteiger partial charge in [-0.05, 0) is 19.4 Å². The second kappa shape index (κ2) is 5.26. The summed E-state index contributed by atoms with van der Waals surface area (Å²) in [5.74, 6) is 0.350. The maximum atomic E-state index is 12.2. The number of piperidine rings is 1. The minimum absolute atomic E-state index is 0.0858. The number of rotatable bonds is 3. The lowest BCUT2D eigenvalue weighted by Crippen LogP contribution is -2.41. The molecule has 1 heterocycles. The predicted molar refractivity (Wildman–Crippen MR) is 65.6 cm³/mol. The van der Waals surface area contributed by atoms with Crippen LogP contribution in [0.5, 0.6) is 0 Å². The molecule has 2 heteroatoms. The van der Waals surface area contributed by atoms with Gasteiger partial charge in [0, 0.05) is 17.5 Å². The highest BCUT2D eigenvalue weighted by Gasteiger charge is 2.25. The Hall–Kier alpha value is -1.15. The molecule has 2 atom stereocenters. The lowest BCUT2D eigenvalue weighted by Gasteiger charge is -2.28. The van der Waals surface area contributed by atoms with Crippen LogP contribution in [0.4, 0.5) is 0 Å². The SMILES string of the molecule is CC(C(=O)c1ccccc1)C1CCCCN1. The zero-order valence-corrected chi connectivity index (χ0v) is 9.78. The smallest absolute Gasteiger partial charge is 0.167 e. The van der Waals surface area contributed by atoms with E-state index in [0.717, 1.165) is 18.5 Å². The van der Waals surface area contributed by atoms with E-state index in [0.29, 0.717) is 6.04 Å².